The summed E-state index contributed by atoms with van der Waals surface area (Å²) in [5, 5.41) is 2.84. The maximum absolute atomic E-state index is 10.9. The number of ketones is 1. The molecule has 66 valence electrons. The van der Waals surface area contributed by atoms with Crippen molar-refractivity contribution in [3.8, 4) is 0 Å². The molecule has 2 nitrogen and oxygen atoms in total. The monoisotopic (exact) mass is 183 g/mol. The third kappa shape index (κ3) is 1.91. The third-order valence-electron chi connectivity index (χ3n) is 1.51. The fourth-order valence-electron chi connectivity index (χ4n) is 0.780. The van der Waals surface area contributed by atoms with Gasteiger partial charge in [0.1, 0.15) is 5.69 Å². The molecule has 0 aromatic carbocycles. The van der Waals surface area contributed by atoms with Gasteiger partial charge < -0.3 is 0 Å². The van der Waals surface area contributed by atoms with Crippen LogP contribution in [0.2, 0.25) is 0 Å². The van der Waals surface area contributed by atoms with E-state index in [-0.39, 0.29) is 11.2 Å². The van der Waals surface area contributed by atoms with E-state index >= 15 is 0 Å². The molecule has 0 bridgehead atoms. The summed E-state index contributed by atoms with van der Waals surface area (Å²) in [7, 11) is 0. The summed E-state index contributed by atoms with van der Waals surface area (Å²) in [4.78, 5) is 15.2. The molecule has 0 saturated carbocycles. The predicted molar refractivity (Wildman–Crippen MR) is 50.8 cm³/mol. The second kappa shape index (κ2) is 2.98. The van der Waals surface area contributed by atoms with E-state index in [4.69, 9.17) is 0 Å². The number of aromatic nitrogens is 1. The Labute approximate surface area is 76.6 Å². The zero-order valence-electron chi connectivity index (χ0n) is 7.84. The molecule has 1 aromatic heterocycles. The molecule has 1 heterocycles. The number of carbonyl (C=O) groups excluding carboxylic acids is 1. The number of rotatable bonds is 1. The van der Waals surface area contributed by atoms with Crippen molar-refractivity contribution in [2.45, 2.75) is 33.1 Å². The maximum Gasteiger partial charge on any atom is 0.178 e. The van der Waals surface area contributed by atoms with Gasteiger partial charge in [-0.2, -0.15) is 0 Å². The lowest BCUT2D eigenvalue weighted by atomic mass is 9.98. The standard InChI is InChI=1S/C9H13NOS/c1-6(11)7-5-12-8(10-7)9(2,3)4/h5H,1-4H3. The van der Waals surface area contributed by atoms with E-state index in [0.29, 0.717) is 5.69 Å². The summed E-state index contributed by atoms with van der Waals surface area (Å²) < 4.78 is 0. The van der Waals surface area contributed by atoms with Crippen molar-refractivity contribution < 1.29 is 4.79 Å². The number of hydrogen-bond donors (Lipinski definition) is 0. The van der Waals surface area contributed by atoms with Crippen LogP contribution in [0.25, 0.3) is 0 Å². The quantitative estimate of drug-likeness (QED) is 0.626. The lowest BCUT2D eigenvalue weighted by molar-refractivity contribution is 0.101. The van der Waals surface area contributed by atoms with Gasteiger partial charge in [-0.05, 0) is 0 Å². The molecular formula is C9H13NOS. The summed E-state index contributed by atoms with van der Waals surface area (Å²) in [6.45, 7) is 7.82. The molecule has 0 spiro atoms. The average molecular weight is 183 g/mol. The van der Waals surface area contributed by atoms with Gasteiger partial charge in [0.05, 0.1) is 5.01 Å². The van der Waals surface area contributed by atoms with Crippen molar-refractivity contribution in [3.05, 3.63) is 16.1 Å². The Morgan fingerprint density at radius 1 is 1.50 bits per heavy atom. The van der Waals surface area contributed by atoms with Gasteiger partial charge in [0.15, 0.2) is 5.78 Å². The molecule has 0 unspecified atom stereocenters. The van der Waals surface area contributed by atoms with Crippen molar-refractivity contribution in [1.29, 1.82) is 0 Å². The Balaban J connectivity index is 3.00. The summed E-state index contributed by atoms with van der Waals surface area (Å²) in [5.74, 6) is 0.0433. The first-order valence-electron chi connectivity index (χ1n) is 3.88. The SMILES string of the molecule is CC(=O)c1csc(C(C)(C)C)n1. The molecule has 0 atom stereocenters. The summed E-state index contributed by atoms with van der Waals surface area (Å²) in [5.41, 5.74) is 0.642. The van der Waals surface area contributed by atoms with Gasteiger partial charge in [-0.1, -0.05) is 20.8 Å². The van der Waals surface area contributed by atoms with E-state index in [0.717, 1.165) is 5.01 Å². The molecule has 12 heavy (non-hydrogen) atoms. The molecule has 0 aliphatic rings. The maximum atomic E-state index is 10.9. The molecule has 0 aliphatic heterocycles. The van der Waals surface area contributed by atoms with E-state index in [1.54, 1.807) is 18.3 Å². The van der Waals surface area contributed by atoms with Crippen molar-refractivity contribution >= 4 is 17.1 Å². The summed E-state index contributed by atoms with van der Waals surface area (Å²) >= 11 is 1.55. The van der Waals surface area contributed by atoms with Crippen LogP contribution in [0, 0.1) is 0 Å². The van der Waals surface area contributed by atoms with Crippen LogP contribution >= 0.6 is 11.3 Å². The molecule has 0 aliphatic carbocycles. The molecule has 3 heteroatoms. The lowest BCUT2D eigenvalue weighted by Crippen LogP contribution is -2.10. The molecule has 0 radical (unpaired) electrons. The fraction of sp³-hybridized carbons (Fsp3) is 0.556. The van der Waals surface area contributed by atoms with Gasteiger partial charge in [0.2, 0.25) is 0 Å². The van der Waals surface area contributed by atoms with Gasteiger partial charge in [-0.25, -0.2) is 4.98 Å². The topological polar surface area (TPSA) is 30.0 Å². The van der Waals surface area contributed by atoms with Crippen LogP contribution < -0.4 is 0 Å². The first kappa shape index (κ1) is 9.39. The predicted octanol–water partition coefficient (Wildman–Crippen LogP) is 2.64. The van der Waals surface area contributed by atoms with E-state index in [1.807, 2.05) is 5.38 Å². The van der Waals surface area contributed by atoms with Crippen molar-refractivity contribution in [1.82, 2.24) is 4.98 Å². The zero-order valence-corrected chi connectivity index (χ0v) is 8.66. The molecule has 0 saturated heterocycles. The molecule has 1 rings (SSSR count). The van der Waals surface area contributed by atoms with E-state index in [1.165, 1.54) is 0 Å². The lowest BCUT2D eigenvalue weighted by Gasteiger charge is -2.13. The van der Waals surface area contributed by atoms with Crippen LogP contribution in [0.5, 0.6) is 0 Å². The Hall–Kier alpha value is -0.700. The Kier molecular flexibility index (Phi) is 2.33. The summed E-state index contributed by atoms with van der Waals surface area (Å²) in [6, 6.07) is 0. The second-order valence-electron chi connectivity index (χ2n) is 3.84. The van der Waals surface area contributed by atoms with Gasteiger partial charge in [-0.15, -0.1) is 11.3 Å². The molecule has 1 aromatic rings. The van der Waals surface area contributed by atoms with Gasteiger partial charge in [-0.3, -0.25) is 4.79 Å². The largest absolute Gasteiger partial charge is 0.293 e. The minimum atomic E-state index is 0.0433. The molecule has 0 amide bonds. The average Bonchev–Trinajstić information content (AvgIpc) is 2.30. The normalized spacial score (nSPS) is 11.7. The minimum Gasteiger partial charge on any atom is -0.293 e. The Bertz CT molecular complexity index is 296. The second-order valence-corrected chi connectivity index (χ2v) is 4.70. The van der Waals surface area contributed by atoms with Crippen LogP contribution in [0.15, 0.2) is 5.38 Å². The highest BCUT2D eigenvalue weighted by Gasteiger charge is 2.18. The van der Waals surface area contributed by atoms with Crippen molar-refractivity contribution in [3.63, 3.8) is 0 Å². The number of hydrogen-bond acceptors (Lipinski definition) is 3. The number of carbonyl (C=O) groups is 1. The van der Waals surface area contributed by atoms with E-state index in [2.05, 4.69) is 25.8 Å². The highest BCUT2D eigenvalue weighted by molar-refractivity contribution is 7.10. The number of Topliss-reactive ketones (excluding diaryl/α,β-unsaturated/α-hetero) is 1. The zero-order chi connectivity index (χ0) is 9.35. The van der Waals surface area contributed by atoms with E-state index < -0.39 is 0 Å². The minimum absolute atomic E-state index is 0.0433. The summed E-state index contributed by atoms with van der Waals surface area (Å²) in [6.07, 6.45) is 0. The van der Waals surface area contributed by atoms with Gasteiger partial charge in [0, 0.05) is 17.7 Å². The van der Waals surface area contributed by atoms with Gasteiger partial charge in [0.25, 0.3) is 0 Å². The molecule has 0 N–H and O–H groups in total. The first-order valence-corrected chi connectivity index (χ1v) is 4.76. The van der Waals surface area contributed by atoms with Crippen LogP contribution in [-0.2, 0) is 5.41 Å². The Morgan fingerprint density at radius 2 is 2.08 bits per heavy atom. The van der Waals surface area contributed by atoms with Crippen molar-refractivity contribution in [2.24, 2.45) is 0 Å². The smallest absolute Gasteiger partial charge is 0.178 e. The number of thiazole rings is 1. The van der Waals surface area contributed by atoms with Crippen LogP contribution in [0.3, 0.4) is 0 Å². The fourth-order valence-corrected chi connectivity index (χ4v) is 1.73. The molecular weight excluding hydrogens is 170 g/mol. The van der Waals surface area contributed by atoms with Crippen molar-refractivity contribution in [2.75, 3.05) is 0 Å². The van der Waals surface area contributed by atoms with Gasteiger partial charge >= 0.3 is 0 Å². The first-order chi connectivity index (χ1) is 5.41. The molecule has 0 fully saturated rings. The Morgan fingerprint density at radius 3 is 2.33 bits per heavy atom. The number of nitrogens with zero attached hydrogens (tertiary/aromatic N) is 1. The highest BCUT2D eigenvalue weighted by Crippen LogP contribution is 2.25. The van der Waals surface area contributed by atoms with Crippen LogP contribution in [0.1, 0.15) is 43.2 Å². The third-order valence-corrected chi connectivity index (χ3v) is 2.77. The van der Waals surface area contributed by atoms with Crippen LogP contribution in [-0.4, -0.2) is 10.8 Å². The van der Waals surface area contributed by atoms with E-state index in [9.17, 15) is 4.79 Å². The highest BCUT2D eigenvalue weighted by atomic mass is 32.1. The van der Waals surface area contributed by atoms with Crippen LogP contribution in [0.4, 0.5) is 0 Å².